The van der Waals surface area contributed by atoms with Crippen LogP contribution in [0, 0.1) is 11.8 Å². The van der Waals surface area contributed by atoms with Gasteiger partial charge in [0.2, 0.25) is 0 Å². The molecular weight excluding hydrogens is 248 g/mol. The molecule has 1 saturated heterocycles. The van der Waals surface area contributed by atoms with E-state index in [2.05, 4.69) is 5.32 Å². The second-order valence-corrected chi connectivity index (χ2v) is 5.26. The smallest absolute Gasteiger partial charge is 0.326 e. The van der Waals surface area contributed by atoms with Crippen molar-refractivity contribution in [2.75, 3.05) is 19.7 Å². The number of aliphatic carboxylic acids is 1. The Labute approximate surface area is 113 Å². The van der Waals surface area contributed by atoms with Crippen LogP contribution in [0.1, 0.15) is 33.1 Å². The summed E-state index contributed by atoms with van der Waals surface area (Å²) in [5.74, 6) is -0.770. The van der Waals surface area contributed by atoms with Gasteiger partial charge in [-0.25, -0.2) is 9.59 Å². The predicted octanol–water partition coefficient (Wildman–Crippen LogP) is 0.900. The van der Waals surface area contributed by atoms with Crippen LogP contribution < -0.4 is 5.32 Å². The number of amides is 2. The number of aliphatic hydroxyl groups excluding tert-OH is 1. The molecule has 1 fully saturated rings. The Hall–Kier alpha value is -1.30. The zero-order chi connectivity index (χ0) is 14.4. The van der Waals surface area contributed by atoms with Gasteiger partial charge in [0, 0.05) is 19.7 Å². The number of aliphatic hydroxyl groups is 1. The molecule has 0 aromatic carbocycles. The highest BCUT2D eigenvalue weighted by Crippen LogP contribution is 2.19. The van der Waals surface area contributed by atoms with Gasteiger partial charge in [0.15, 0.2) is 0 Å². The Morgan fingerprint density at radius 1 is 1.47 bits per heavy atom. The molecule has 0 spiro atoms. The summed E-state index contributed by atoms with van der Waals surface area (Å²) in [6.45, 7) is 5.07. The van der Waals surface area contributed by atoms with E-state index in [1.165, 1.54) is 0 Å². The molecule has 1 aliphatic rings. The monoisotopic (exact) mass is 272 g/mol. The van der Waals surface area contributed by atoms with Crippen LogP contribution in [0.15, 0.2) is 0 Å². The zero-order valence-corrected chi connectivity index (χ0v) is 11.6. The SMILES string of the molecule is CCC(C)C(NC(=O)N1CCC(CCO)C1)C(=O)O. The fraction of sp³-hybridized carbons (Fsp3) is 0.846. The number of carboxylic acid groups (broad SMARTS) is 1. The fourth-order valence-electron chi connectivity index (χ4n) is 2.34. The average Bonchev–Trinajstić information content (AvgIpc) is 2.83. The van der Waals surface area contributed by atoms with Crippen LogP contribution in [0.2, 0.25) is 0 Å². The van der Waals surface area contributed by atoms with Crippen LogP contribution >= 0.6 is 0 Å². The van der Waals surface area contributed by atoms with Crippen molar-refractivity contribution in [3.63, 3.8) is 0 Å². The maximum atomic E-state index is 12.0. The number of hydrogen-bond acceptors (Lipinski definition) is 3. The van der Waals surface area contributed by atoms with Crippen LogP contribution in [0.5, 0.6) is 0 Å². The summed E-state index contributed by atoms with van der Waals surface area (Å²) in [7, 11) is 0. The topological polar surface area (TPSA) is 89.9 Å². The second-order valence-electron chi connectivity index (χ2n) is 5.26. The van der Waals surface area contributed by atoms with E-state index >= 15 is 0 Å². The van der Waals surface area contributed by atoms with E-state index in [1.54, 1.807) is 4.90 Å². The molecular formula is C13H24N2O4. The third-order valence-corrected chi connectivity index (χ3v) is 3.87. The fourth-order valence-corrected chi connectivity index (χ4v) is 2.34. The van der Waals surface area contributed by atoms with Crippen LogP contribution in [0.4, 0.5) is 4.79 Å². The van der Waals surface area contributed by atoms with Crippen molar-refractivity contribution in [2.45, 2.75) is 39.2 Å². The Morgan fingerprint density at radius 2 is 2.16 bits per heavy atom. The molecule has 1 heterocycles. The minimum Gasteiger partial charge on any atom is -0.480 e. The van der Waals surface area contributed by atoms with Crippen molar-refractivity contribution in [3.8, 4) is 0 Å². The Balaban J connectivity index is 2.51. The first kappa shape index (κ1) is 15.8. The minimum atomic E-state index is -0.992. The molecule has 6 nitrogen and oxygen atoms in total. The van der Waals surface area contributed by atoms with E-state index in [0.29, 0.717) is 31.8 Å². The van der Waals surface area contributed by atoms with Gasteiger partial charge < -0.3 is 20.4 Å². The van der Waals surface area contributed by atoms with Crippen LogP contribution in [-0.4, -0.2) is 52.9 Å². The van der Waals surface area contributed by atoms with Gasteiger partial charge in [-0.3, -0.25) is 0 Å². The maximum absolute atomic E-state index is 12.0. The highest BCUT2D eigenvalue weighted by molar-refractivity contribution is 5.82. The van der Waals surface area contributed by atoms with Gasteiger partial charge in [0.1, 0.15) is 6.04 Å². The van der Waals surface area contributed by atoms with Crippen LogP contribution in [-0.2, 0) is 4.79 Å². The molecule has 3 N–H and O–H groups in total. The summed E-state index contributed by atoms with van der Waals surface area (Å²) in [5, 5.41) is 20.6. The van der Waals surface area contributed by atoms with E-state index in [4.69, 9.17) is 10.2 Å². The summed E-state index contributed by atoms with van der Waals surface area (Å²) in [5.41, 5.74) is 0. The summed E-state index contributed by atoms with van der Waals surface area (Å²) < 4.78 is 0. The highest BCUT2D eigenvalue weighted by Gasteiger charge is 2.30. The average molecular weight is 272 g/mol. The van der Waals surface area contributed by atoms with Crippen molar-refractivity contribution in [1.82, 2.24) is 10.2 Å². The molecule has 19 heavy (non-hydrogen) atoms. The highest BCUT2D eigenvalue weighted by atomic mass is 16.4. The zero-order valence-electron chi connectivity index (χ0n) is 11.6. The van der Waals surface area contributed by atoms with Crippen molar-refractivity contribution in [2.24, 2.45) is 11.8 Å². The first-order valence-corrected chi connectivity index (χ1v) is 6.88. The van der Waals surface area contributed by atoms with Gasteiger partial charge in [-0.15, -0.1) is 0 Å². The van der Waals surface area contributed by atoms with E-state index in [9.17, 15) is 9.59 Å². The molecule has 1 rings (SSSR count). The van der Waals surface area contributed by atoms with E-state index in [0.717, 1.165) is 6.42 Å². The molecule has 1 aliphatic heterocycles. The molecule has 0 bridgehead atoms. The number of rotatable bonds is 6. The van der Waals surface area contributed by atoms with Gasteiger partial charge in [-0.05, 0) is 24.7 Å². The number of carboxylic acids is 1. The number of nitrogens with one attached hydrogen (secondary N) is 1. The molecule has 6 heteroatoms. The van der Waals surface area contributed by atoms with Gasteiger partial charge in [-0.1, -0.05) is 20.3 Å². The first-order valence-electron chi connectivity index (χ1n) is 6.88. The Bertz CT molecular complexity index is 322. The number of nitrogens with zero attached hydrogens (tertiary/aromatic N) is 1. The lowest BCUT2D eigenvalue weighted by Crippen LogP contribution is -2.50. The number of hydrogen-bond donors (Lipinski definition) is 3. The quantitative estimate of drug-likeness (QED) is 0.670. The van der Waals surface area contributed by atoms with Crippen molar-refractivity contribution >= 4 is 12.0 Å². The minimum absolute atomic E-state index is 0.0997. The molecule has 3 unspecified atom stereocenters. The molecule has 2 amide bonds. The molecule has 0 aliphatic carbocycles. The third kappa shape index (κ3) is 4.38. The van der Waals surface area contributed by atoms with E-state index in [-0.39, 0.29) is 18.6 Å². The summed E-state index contributed by atoms with van der Waals surface area (Å²) >= 11 is 0. The first-order chi connectivity index (χ1) is 8.99. The summed E-state index contributed by atoms with van der Waals surface area (Å²) in [4.78, 5) is 24.8. The molecule has 0 saturated carbocycles. The molecule has 0 radical (unpaired) electrons. The van der Waals surface area contributed by atoms with Crippen molar-refractivity contribution < 1.29 is 19.8 Å². The third-order valence-electron chi connectivity index (χ3n) is 3.87. The van der Waals surface area contributed by atoms with Crippen molar-refractivity contribution in [3.05, 3.63) is 0 Å². The van der Waals surface area contributed by atoms with Gasteiger partial charge in [-0.2, -0.15) is 0 Å². The summed E-state index contributed by atoms with van der Waals surface area (Å²) in [6.07, 6.45) is 2.26. The lowest BCUT2D eigenvalue weighted by molar-refractivity contribution is -0.140. The van der Waals surface area contributed by atoms with Gasteiger partial charge >= 0.3 is 12.0 Å². The molecule has 3 atom stereocenters. The Morgan fingerprint density at radius 3 is 2.68 bits per heavy atom. The normalized spacial score (nSPS) is 22.1. The van der Waals surface area contributed by atoms with Gasteiger partial charge in [0.25, 0.3) is 0 Å². The van der Waals surface area contributed by atoms with Gasteiger partial charge in [0.05, 0.1) is 0 Å². The number of carbonyl (C=O) groups is 2. The number of carbonyl (C=O) groups excluding carboxylic acids is 1. The van der Waals surface area contributed by atoms with Crippen LogP contribution in [0.25, 0.3) is 0 Å². The number of urea groups is 1. The standard InChI is InChI=1S/C13H24N2O4/c1-3-9(2)11(12(17)18)14-13(19)15-6-4-10(8-15)5-7-16/h9-11,16H,3-8H2,1-2H3,(H,14,19)(H,17,18). The predicted molar refractivity (Wildman–Crippen MR) is 70.8 cm³/mol. The molecule has 0 aromatic heterocycles. The maximum Gasteiger partial charge on any atom is 0.326 e. The second kappa shape index (κ2) is 7.33. The van der Waals surface area contributed by atoms with Crippen molar-refractivity contribution in [1.29, 1.82) is 0 Å². The molecule has 110 valence electrons. The van der Waals surface area contributed by atoms with E-state index in [1.807, 2.05) is 13.8 Å². The van der Waals surface area contributed by atoms with E-state index < -0.39 is 12.0 Å². The Kier molecular flexibility index (Phi) is 6.08. The lowest BCUT2D eigenvalue weighted by Gasteiger charge is -2.24. The lowest BCUT2D eigenvalue weighted by atomic mass is 9.99. The number of likely N-dealkylation sites (tertiary alicyclic amines) is 1. The summed E-state index contributed by atoms with van der Waals surface area (Å²) in [6, 6.07) is -1.15. The largest absolute Gasteiger partial charge is 0.480 e. The van der Waals surface area contributed by atoms with Crippen LogP contribution in [0.3, 0.4) is 0 Å². The molecule has 0 aromatic rings.